The molecule has 0 atom stereocenters. The van der Waals surface area contributed by atoms with Gasteiger partial charge < -0.3 is 20.3 Å². The number of carbonyl (C=O) groups is 1. The summed E-state index contributed by atoms with van der Waals surface area (Å²) in [7, 11) is 7.58. The number of methoxy groups -OCH3 is 1. The summed E-state index contributed by atoms with van der Waals surface area (Å²) >= 11 is 1.62. The minimum absolute atomic E-state index is 0.0609. The van der Waals surface area contributed by atoms with Crippen molar-refractivity contribution >= 4 is 23.5 Å². The molecule has 0 radical (unpaired) electrons. The maximum absolute atomic E-state index is 14.3. The van der Waals surface area contributed by atoms with E-state index in [2.05, 4.69) is 28.8 Å². The first-order valence-corrected chi connectivity index (χ1v) is 11.4. The second-order valence-corrected chi connectivity index (χ2v) is 9.32. The molecule has 0 aliphatic heterocycles. The molecule has 6 nitrogen and oxygen atoms in total. The lowest BCUT2D eigenvalue weighted by molar-refractivity contribution is -0.121. The minimum atomic E-state index is -0.308. The van der Waals surface area contributed by atoms with Crippen LogP contribution in [-0.4, -0.2) is 63.0 Å². The normalized spacial score (nSPS) is 11.2. The number of rotatable bonds is 12. The van der Waals surface area contributed by atoms with E-state index < -0.39 is 0 Å². The Hall–Kier alpha value is -2.29. The van der Waals surface area contributed by atoms with Gasteiger partial charge in [-0.05, 0) is 87.9 Å². The van der Waals surface area contributed by atoms with Gasteiger partial charge in [-0.1, -0.05) is 6.07 Å². The number of nitrogens with zero attached hydrogens (tertiary/aromatic N) is 2. The molecule has 0 spiro atoms. The molecule has 2 aromatic carbocycles. The maximum Gasteiger partial charge on any atom is 0.221 e. The molecule has 176 valence electrons. The number of aryl methyl sites for hydroxylation is 2. The summed E-state index contributed by atoms with van der Waals surface area (Å²) in [5.74, 6) is 0.478. The highest BCUT2D eigenvalue weighted by molar-refractivity contribution is 7.97. The molecule has 2 aromatic rings. The van der Waals surface area contributed by atoms with Crippen molar-refractivity contribution in [3.8, 4) is 5.75 Å². The average molecular weight is 463 g/mol. The van der Waals surface area contributed by atoms with E-state index in [1.54, 1.807) is 25.1 Å². The first-order valence-electron chi connectivity index (χ1n) is 10.7. The molecule has 0 unspecified atom stereocenters. The second kappa shape index (κ2) is 12.7. The van der Waals surface area contributed by atoms with Crippen LogP contribution in [-0.2, 0) is 11.3 Å². The van der Waals surface area contributed by atoms with Crippen LogP contribution >= 0.6 is 11.9 Å². The van der Waals surface area contributed by atoms with Crippen LogP contribution in [0, 0.1) is 19.7 Å². The van der Waals surface area contributed by atoms with Crippen LogP contribution in [0.4, 0.5) is 10.1 Å². The fourth-order valence-corrected chi connectivity index (χ4v) is 4.05. The van der Waals surface area contributed by atoms with E-state index in [4.69, 9.17) is 4.74 Å². The predicted molar refractivity (Wildman–Crippen MR) is 131 cm³/mol. The lowest BCUT2D eigenvalue weighted by Crippen LogP contribution is -2.26. The quantitative estimate of drug-likeness (QED) is 0.464. The topological polar surface area (TPSA) is 56.8 Å². The van der Waals surface area contributed by atoms with Gasteiger partial charge in [0.2, 0.25) is 5.91 Å². The number of hydrogen-bond acceptors (Lipinski definition) is 6. The van der Waals surface area contributed by atoms with Crippen molar-refractivity contribution in [3.63, 3.8) is 0 Å². The highest BCUT2D eigenvalue weighted by Crippen LogP contribution is 2.31. The molecule has 8 heteroatoms. The largest absolute Gasteiger partial charge is 0.497 e. The molecular weight excluding hydrogens is 427 g/mol. The van der Waals surface area contributed by atoms with Gasteiger partial charge in [0.1, 0.15) is 11.6 Å². The lowest BCUT2D eigenvalue weighted by Gasteiger charge is -2.19. The number of halogens is 1. The Morgan fingerprint density at radius 1 is 1.09 bits per heavy atom. The minimum Gasteiger partial charge on any atom is -0.497 e. The van der Waals surface area contributed by atoms with Gasteiger partial charge in [0, 0.05) is 37.5 Å². The smallest absolute Gasteiger partial charge is 0.221 e. The monoisotopic (exact) mass is 462 g/mol. The lowest BCUT2D eigenvalue weighted by atomic mass is 10.1. The molecular formula is C24H35FN4O2S. The molecule has 2 N–H and O–H groups in total. The molecule has 32 heavy (non-hydrogen) atoms. The van der Waals surface area contributed by atoms with E-state index in [9.17, 15) is 9.18 Å². The SMILES string of the molecule is COc1cc(C)c(SN(C)CCC(=O)NCc2ccc(NCCN(C)C)c(F)c2)c(C)c1. The van der Waals surface area contributed by atoms with Crippen molar-refractivity contribution in [1.82, 2.24) is 14.5 Å². The van der Waals surface area contributed by atoms with E-state index in [0.29, 0.717) is 31.7 Å². The van der Waals surface area contributed by atoms with Gasteiger partial charge in [-0.15, -0.1) is 0 Å². The Kier molecular flexibility index (Phi) is 10.3. The van der Waals surface area contributed by atoms with Crippen molar-refractivity contribution < 1.29 is 13.9 Å². The molecule has 0 aromatic heterocycles. The first-order chi connectivity index (χ1) is 15.2. The fraction of sp³-hybridized carbons (Fsp3) is 0.458. The summed E-state index contributed by atoms with van der Waals surface area (Å²) in [5, 5.41) is 5.96. The van der Waals surface area contributed by atoms with E-state index in [1.165, 1.54) is 11.0 Å². The number of anilines is 1. The van der Waals surface area contributed by atoms with Crippen LogP contribution in [0.1, 0.15) is 23.1 Å². The van der Waals surface area contributed by atoms with Crippen molar-refractivity contribution in [2.75, 3.05) is 53.2 Å². The third-order valence-electron chi connectivity index (χ3n) is 4.97. The number of benzene rings is 2. The second-order valence-electron chi connectivity index (χ2n) is 8.10. The summed E-state index contributed by atoms with van der Waals surface area (Å²) in [6, 6.07) is 9.04. The Morgan fingerprint density at radius 3 is 2.38 bits per heavy atom. The Bertz CT molecular complexity index is 885. The maximum atomic E-state index is 14.3. The molecule has 1 amide bonds. The van der Waals surface area contributed by atoms with Crippen LogP contribution in [0.25, 0.3) is 0 Å². The van der Waals surface area contributed by atoms with Gasteiger partial charge in [-0.2, -0.15) is 0 Å². The predicted octanol–water partition coefficient (Wildman–Crippen LogP) is 4.07. The number of carbonyl (C=O) groups excluding carboxylic acids is 1. The van der Waals surface area contributed by atoms with Crippen LogP contribution in [0.5, 0.6) is 5.75 Å². The van der Waals surface area contributed by atoms with E-state index in [-0.39, 0.29) is 11.7 Å². The molecule has 0 bridgehead atoms. The van der Waals surface area contributed by atoms with Crippen molar-refractivity contribution in [3.05, 3.63) is 52.8 Å². The van der Waals surface area contributed by atoms with E-state index in [0.717, 1.165) is 29.0 Å². The van der Waals surface area contributed by atoms with Gasteiger partial charge >= 0.3 is 0 Å². The molecule has 0 fully saturated rings. The highest BCUT2D eigenvalue weighted by Gasteiger charge is 2.12. The number of nitrogens with one attached hydrogen (secondary N) is 2. The van der Waals surface area contributed by atoms with Gasteiger partial charge in [0.15, 0.2) is 0 Å². The standard InChI is InChI=1S/C24H35FN4O2S/c1-17-13-20(31-6)14-18(2)24(17)32-29(5)11-9-23(30)27-16-19-7-8-22(21(25)15-19)26-10-12-28(3)4/h7-8,13-15,26H,9-12,16H2,1-6H3,(H,27,30). The summed E-state index contributed by atoms with van der Waals surface area (Å²) in [5.41, 5.74) is 3.50. The molecule has 0 saturated heterocycles. The van der Waals surface area contributed by atoms with Crippen molar-refractivity contribution in [2.45, 2.75) is 31.7 Å². The summed E-state index contributed by atoms with van der Waals surface area (Å²) in [6.07, 6.45) is 0.365. The van der Waals surface area contributed by atoms with E-state index in [1.807, 2.05) is 44.2 Å². The van der Waals surface area contributed by atoms with Crippen LogP contribution in [0.3, 0.4) is 0 Å². The zero-order valence-electron chi connectivity index (χ0n) is 19.9. The number of amides is 1. The molecule has 0 saturated carbocycles. The summed E-state index contributed by atoms with van der Waals surface area (Å²) < 4.78 is 21.6. The number of hydrogen-bond donors (Lipinski definition) is 2. The molecule has 0 aliphatic carbocycles. The Labute approximate surface area is 195 Å². The van der Waals surface area contributed by atoms with Crippen LogP contribution < -0.4 is 15.4 Å². The van der Waals surface area contributed by atoms with Crippen molar-refractivity contribution in [2.24, 2.45) is 0 Å². The third kappa shape index (κ3) is 8.33. The van der Waals surface area contributed by atoms with E-state index >= 15 is 0 Å². The summed E-state index contributed by atoms with van der Waals surface area (Å²) in [6.45, 7) is 6.51. The molecule has 0 heterocycles. The zero-order valence-corrected chi connectivity index (χ0v) is 20.7. The van der Waals surface area contributed by atoms with Gasteiger partial charge in [0.05, 0.1) is 12.8 Å². The average Bonchev–Trinajstić information content (AvgIpc) is 2.74. The first kappa shape index (κ1) is 26.0. The Balaban J connectivity index is 1.78. The fourth-order valence-electron chi connectivity index (χ4n) is 3.15. The van der Waals surface area contributed by atoms with Gasteiger partial charge in [-0.25, -0.2) is 8.70 Å². The van der Waals surface area contributed by atoms with Gasteiger partial charge in [-0.3, -0.25) is 4.79 Å². The zero-order chi connectivity index (χ0) is 23.7. The third-order valence-corrected chi connectivity index (χ3v) is 6.29. The van der Waals surface area contributed by atoms with Crippen molar-refractivity contribution in [1.29, 1.82) is 0 Å². The number of ether oxygens (including phenoxy) is 1. The summed E-state index contributed by atoms with van der Waals surface area (Å²) in [4.78, 5) is 15.5. The molecule has 2 rings (SSSR count). The Morgan fingerprint density at radius 2 is 1.78 bits per heavy atom. The number of likely N-dealkylation sites (N-methyl/N-ethyl adjacent to an activating group) is 1. The molecule has 0 aliphatic rings. The highest BCUT2D eigenvalue weighted by atomic mass is 32.2. The van der Waals surface area contributed by atoms with Crippen LogP contribution in [0.15, 0.2) is 35.2 Å². The van der Waals surface area contributed by atoms with Crippen LogP contribution in [0.2, 0.25) is 0 Å². The van der Waals surface area contributed by atoms with Gasteiger partial charge in [0.25, 0.3) is 0 Å².